The summed E-state index contributed by atoms with van der Waals surface area (Å²) >= 11 is 13.9. The lowest BCUT2D eigenvalue weighted by atomic mass is 10.2. The number of aryl methyl sites for hydroxylation is 1. The van der Waals surface area contributed by atoms with Crippen LogP contribution < -0.4 is 4.74 Å². The predicted molar refractivity (Wildman–Crippen MR) is 105 cm³/mol. The Kier molecular flexibility index (Phi) is 5.46. The predicted octanol–water partition coefficient (Wildman–Crippen LogP) is 5.19. The lowest BCUT2D eigenvalue weighted by Crippen LogP contribution is -1.99. The third-order valence-corrected chi connectivity index (χ3v) is 5.43. The topological polar surface area (TPSA) is 61.3 Å². The highest BCUT2D eigenvalue weighted by atomic mass is 35.5. The number of rotatable bonds is 4. The molecule has 0 amide bonds. The quantitative estimate of drug-likeness (QED) is 0.439. The number of carbonyl (C=O) groups is 1. The van der Waals surface area contributed by atoms with Crippen molar-refractivity contribution in [3.8, 4) is 5.75 Å². The molecule has 8 heteroatoms. The molecule has 0 spiro atoms. The molecule has 0 aliphatic rings. The van der Waals surface area contributed by atoms with Crippen LogP contribution in [0.2, 0.25) is 5.15 Å². The molecule has 0 aliphatic heterocycles. The van der Waals surface area contributed by atoms with E-state index in [1.807, 2.05) is 24.3 Å². The van der Waals surface area contributed by atoms with Crippen molar-refractivity contribution in [2.24, 2.45) is 0 Å². The van der Waals surface area contributed by atoms with E-state index in [9.17, 15) is 4.79 Å². The maximum Gasteiger partial charge on any atom is 0.348 e. The van der Waals surface area contributed by atoms with Crippen molar-refractivity contribution in [3.05, 3.63) is 51.2 Å². The van der Waals surface area contributed by atoms with E-state index >= 15 is 0 Å². The van der Waals surface area contributed by atoms with Gasteiger partial charge in [-0.1, -0.05) is 35.3 Å². The van der Waals surface area contributed by atoms with E-state index in [0.717, 1.165) is 5.56 Å². The summed E-state index contributed by atoms with van der Waals surface area (Å²) in [5, 5.41) is 1.20. The number of aromatic nitrogens is 2. The van der Waals surface area contributed by atoms with Gasteiger partial charge in [0.15, 0.2) is 5.82 Å². The summed E-state index contributed by atoms with van der Waals surface area (Å²) in [7, 11) is 2.93. The first-order valence-electron chi connectivity index (χ1n) is 7.51. The van der Waals surface area contributed by atoms with Crippen LogP contribution in [0.1, 0.15) is 26.6 Å². The molecule has 0 aliphatic carbocycles. The van der Waals surface area contributed by atoms with Crippen LogP contribution in [0.5, 0.6) is 5.75 Å². The number of thiophene rings is 1. The number of ether oxygens (including phenoxy) is 2. The van der Waals surface area contributed by atoms with Crippen molar-refractivity contribution in [1.82, 2.24) is 9.97 Å². The van der Waals surface area contributed by atoms with E-state index in [2.05, 4.69) is 9.97 Å². The molecule has 0 saturated carbocycles. The number of esters is 1. The number of halogens is 2. The molecule has 134 valence electrons. The first-order valence-corrected chi connectivity index (χ1v) is 9.08. The van der Waals surface area contributed by atoms with Crippen LogP contribution in [0.25, 0.3) is 21.3 Å². The molecule has 5 nitrogen and oxygen atoms in total. The monoisotopic (exact) mass is 408 g/mol. The summed E-state index contributed by atoms with van der Waals surface area (Å²) < 4.78 is 10.00. The van der Waals surface area contributed by atoms with E-state index in [0.29, 0.717) is 31.4 Å². The third-order valence-electron chi connectivity index (χ3n) is 3.72. The Morgan fingerprint density at radius 3 is 2.73 bits per heavy atom. The van der Waals surface area contributed by atoms with Gasteiger partial charge in [0, 0.05) is 0 Å². The smallest absolute Gasteiger partial charge is 0.348 e. The van der Waals surface area contributed by atoms with Gasteiger partial charge in [0.2, 0.25) is 0 Å². The van der Waals surface area contributed by atoms with Crippen LogP contribution in [-0.2, 0) is 4.74 Å². The largest absolute Gasteiger partial charge is 0.497 e. The fourth-order valence-electron chi connectivity index (χ4n) is 2.43. The van der Waals surface area contributed by atoms with Gasteiger partial charge >= 0.3 is 5.97 Å². The van der Waals surface area contributed by atoms with Crippen LogP contribution in [0.15, 0.2) is 24.3 Å². The molecule has 0 unspecified atom stereocenters. The highest BCUT2D eigenvalue weighted by molar-refractivity contribution is 7.20. The average Bonchev–Trinajstić information content (AvgIpc) is 2.98. The molecule has 0 N–H and O–H groups in total. The van der Waals surface area contributed by atoms with Crippen molar-refractivity contribution >= 4 is 61.8 Å². The molecule has 0 bridgehead atoms. The molecule has 0 saturated heterocycles. The summed E-state index contributed by atoms with van der Waals surface area (Å²) in [6.07, 6.45) is 1.73. The summed E-state index contributed by atoms with van der Waals surface area (Å²) in [5.74, 6) is 0.569. The zero-order chi connectivity index (χ0) is 18.8. The molecule has 0 fully saturated rings. The van der Waals surface area contributed by atoms with Crippen molar-refractivity contribution in [1.29, 1.82) is 0 Å². The maximum absolute atomic E-state index is 11.9. The Balaban J connectivity index is 2.07. The molecule has 1 aromatic carbocycles. The minimum atomic E-state index is -0.430. The number of carbonyl (C=O) groups excluding carboxylic acids is 1. The van der Waals surface area contributed by atoms with Crippen molar-refractivity contribution in [2.45, 2.75) is 6.92 Å². The minimum absolute atomic E-state index is 0.242. The Morgan fingerprint density at radius 2 is 2.04 bits per heavy atom. The van der Waals surface area contributed by atoms with Crippen molar-refractivity contribution in [3.63, 3.8) is 0 Å². The van der Waals surface area contributed by atoms with Gasteiger partial charge in [0.1, 0.15) is 20.6 Å². The average molecular weight is 409 g/mol. The van der Waals surface area contributed by atoms with Gasteiger partial charge in [-0.15, -0.1) is 11.3 Å². The molecule has 3 rings (SSSR count). The van der Waals surface area contributed by atoms with Crippen LogP contribution in [-0.4, -0.2) is 30.2 Å². The van der Waals surface area contributed by atoms with Gasteiger partial charge in [-0.25, -0.2) is 14.8 Å². The molecular formula is C18H14Cl2N2O3S. The number of benzene rings is 1. The van der Waals surface area contributed by atoms with Gasteiger partial charge in [-0.2, -0.15) is 0 Å². The van der Waals surface area contributed by atoms with Gasteiger partial charge in [-0.05, 0) is 36.3 Å². The van der Waals surface area contributed by atoms with Crippen LogP contribution in [0, 0.1) is 6.92 Å². The highest BCUT2D eigenvalue weighted by Gasteiger charge is 2.20. The molecule has 0 radical (unpaired) electrons. The molecule has 2 aromatic heterocycles. The second-order valence-electron chi connectivity index (χ2n) is 5.33. The molecule has 3 aromatic rings. The number of fused-ring (bicyclic) bond motifs is 1. The number of hydrogen-bond donors (Lipinski definition) is 0. The standard InChI is InChI=1S/C18H14Cl2N2O3S/c1-9-13-15(20)21-16(22-17(13)26-14(9)18(23)25-3)12(19)8-10-5-4-6-11(7-10)24-2/h4-8H,1-3H3/b12-8-. The third kappa shape index (κ3) is 3.53. The van der Waals surface area contributed by atoms with Gasteiger partial charge in [-0.3, -0.25) is 0 Å². The zero-order valence-corrected chi connectivity index (χ0v) is 16.5. The second-order valence-corrected chi connectivity index (χ2v) is 7.10. The first-order chi connectivity index (χ1) is 12.4. The van der Waals surface area contributed by atoms with Crippen molar-refractivity contribution < 1.29 is 14.3 Å². The van der Waals surface area contributed by atoms with Crippen LogP contribution >= 0.6 is 34.5 Å². The molecule has 0 atom stereocenters. The fraction of sp³-hybridized carbons (Fsp3) is 0.167. The lowest BCUT2D eigenvalue weighted by molar-refractivity contribution is 0.0605. The summed E-state index contributed by atoms with van der Waals surface area (Å²) in [4.78, 5) is 21.6. The Bertz CT molecular complexity index is 1030. The number of nitrogens with zero attached hydrogens (tertiary/aromatic N) is 2. The van der Waals surface area contributed by atoms with E-state index < -0.39 is 5.97 Å². The van der Waals surface area contributed by atoms with Gasteiger partial charge in [0.25, 0.3) is 0 Å². The number of hydrogen-bond acceptors (Lipinski definition) is 6. The van der Waals surface area contributed by atoms with E-state index in [1.54, 1.807) is 20.1 Å². The van der Waals surface area contributed by atoms with Crippen molar-refractivity contribution in [2.75, 3.05) is 14.2 Å². The normalized spacial score (nSPS) is 11.7. The maximum atomic E-state index is 11.9. The van der Waals surface area contributed by atoms with Crippen LogP contribution in [0.4, 0.5) is 0 Å². The van der Waals surface area contributed by atoms with Crippen LogP contribution in [0.3, 0.4) is 0 Å². The highest BCUT2D eigenvalue weighted by Crippen LogP contribution is 2.35. The molecular weight excluding hydrogens is 395 g/mol. The van der Waals surface area contributed by atoms with Gasteiger partial charge < -0.3 is 9.47 Å². The SMILES string of the molecule is COC(=O)c1sc2nc(/C(Cl)=C/c3cccc(OC)c3)nc(Cl)c2c1C. The Morgan fingerprint density at radius 1 is 1.27 bits per heavy atom. The van der Waals surface area contributed by atoms with Gasteiger partial charge in [0.05, 0.1) is 24.6 Å². The molecule has 2 heterocycles. The number of methoxy groups -OCH3 is 2. The first kappa shape index (κ1) is 18.6. The van der Waals surface area contributed by atoms with E-state index in [-0.39, 0.29) is 11.0 Å². The summed E-state index contributed by atoms with van der Waals surface area (Å²) in [6, 6.07) is 7.42. The zero-order valence-electron chi connectivity index (χ0n) is 14.2. The minimum Gasteiger partial charge on any atom is -0.497 e. The Labute approximate surface area is 164 Å². The Hall–Kier alpha value is -2.15. The lowest BCUT2D eigenvalue weighted by Gasteiger charge is -2.03. The molecule has 26 heavy (non-hydrogen) atoms. The van der Waals surface area contributed by atoms with E-state index in [1.165, 1.54) is 18.4 Å². The fourth-order valence-corrected chi connectivity index (χ4v) is 4.10. The van der Waals surface area contributed by atoms with E-state index in [4.69, 9.17) is 32.7 Å². The second kappa shape index (κ2) is 7.61. The summed E-state index contributed by atoms with van der Waals surface area (Å²) in [6.45, 7) is 1.79. The summed E-state index contributed by atoms with van der Waals surface area (Å²) in [5.41, 5.74) is 1.54.